The van der Waals surface area contributed by atoms with Crippen LogP contribution in [-0.2, 0) is 11.3 Å². The topological polar surface area (TPSA) is 75.9 Å². The monoisotopic (exact) mass is 463 g/mol. The summed E-state index contributed by atoms with van der Waals surface area (Å²) in [5, 5.41) is 6.70. The minimum absolute atomic E-state index is 0. The lowest BCUT2D eigenvalue weighted by atomic mass is 9.67. The van der Waals surface area contributed by atoms with Crippen LogP contribution in [0.1, 0.15) is 61.4 Å². The Labute approximate surface area is 167 Å². The third-order valence-electron chi connectivity index (χ3n) is 4.91. The van der Waals surface area contributed by atoms with E-state index in [1.54, 1.807) is 13.0 Å². The summed E-state index contributed by atoms with van der Waals surface area (Å²) in [6.07, 6.45) is 5.09. The molecule has 0 unspecified atom stereocenters. The average molecular weight is 463 g/mol. The van der Waals surface area contributed by atoms with Crippen molar-refractivity contribution in [2.24, 2.45) is 10.4 Å². The van der Waals surface area contributed by atoms with Crippen LogP contribution in [0.4, 0.5) is 0 Å². The Bertz CT molecular complexity index is 589. The molecule has 2 N–H and O–H groups in total. The summed E-state index contributed by atoms with van der Waals surface area (Å²) in [6, 6.07) is 1.70. The zero-order valence-electron chi connectivity index (χ0n) is 15.6. The summed E-state index contributed by atoms with van der Waals surface area (Å²) >= 11 is 0. The molecule has 0 radical (unpaired) electrons. The van der Waals surface area contributed by atoms with Crippen LogP contribution in [0.15, 0.2) is 15.5 Å². The molecule has 0 saturated heterocycles. The molecule has 7 heteroatoms. The van der Waals surface area contributed by atoms with Crippen molar-refractivity contribution < 1.29 is 13.9 Å². The van der Waals surface area contributed by atoms with Gasteiger partial charge < -0.3 is 19.8 Å². The highest BCUT2D eigenvalue weighted by Crippen LogP contribution is 2.42. The Kier molecular flexibility index (Phi) is 8.75. The fourth-order valence-corrected chi connectivity index (χ4v) is 3.04. The second-order valence-electron chi connectivity index (χ2n) is 6.43. The highest BCUT2D eigenvalue weighted by atomic mass is 127. The van der Waals surface area contributed by atoms with Crippen LogP contribution in [0.3, 0.4) is 0 Å². The van der Waals surface area contributed by atoms with Gasteiger partial charge in [-0.25, -0.2) is 9.79 Å². The number of hydrogen-bond acceptors (Lipinski definition) is 4. The molecular weight excluding hydrogens is 433 g/mol. The predicted molar refractivity (Wildman–Crippen MR) is 110 cm³/mol. The van der Waals surface area contributed by atoms with Gasteiger partial charge in [0.05, 0.1) is 7.11 Å². The third kappa shape index (κ3) is 5.62. The van der Waals surface area contributed by atoms with Crippen molar-refractivity contribution >= 4 is 35.9 Å². The molecule has 1 fully saturated rings. The van der Waals surface area contributed by atoms with Crippen LogP contribution >= 0.6 is 24.0 Å². The minimum atomic E-state index is -0.383. The molecule has 1 heterocycles. The van der Waals surface area contributed by atoms with Gasteiger partial charge in [-0.15, -0.1) is 24.0 Å². The highest BCUT2D eigenvalue weighted by molar-refractivity contribution is 14.0. The zero-order chi connectivity index (χ0) is 17.6. The van der Waals surface area contributed by atoms with Gasteiger partial charge in [-0.3, -0.25) is 0 Å². The maximum absolute atomic E-state index is 11.6. The number of hydrogen-bond donors (Lipinski definition) is 2. The average Bonchev–Trinajstić information content (AvgIpc) is 2.92. The number of carbonyl (C=O) groups excluding carboxylic acids is 1. The summed E-state index contributed by atoms with van der Waals surface area (Å²) in [5.41, 5.74) is 0.884. The molecule has 1 aromatic heterocycles. The van der Waals surface area contributed by atoms with Crippen molar-refractivity contribution in [1.29, 1.82) is 0 Å². The molecule has 0 bridgehead atoms. The number of methoxy groups -OCH3 is 1. The fourth-order valence-electron chi connectivity index (χ4n) is 3.04. The number of nitrogens with one attached hydrogen (secondary N) is 2. The van der Waals surface area contributed by atoms with Gasteiger partial charge in [0.25, 0.3) is 0 Å². The Hall–Kier alpha value is -1.25. The van der Waals surface area contributed by atoms with Crippen LogP contribution in [0, 0.1) is 12.3 Å². The van der Waals surface area contributed by atoms with Crippen molar-refractivity contribution in [3.8, 4) is 0 Å². The number of halogens is 1. The normalized spacial score (nSPS) is 15.8. The van der Waals surface area contributed by atoms with Gasteiger partial charge in [-0.2, -0.15) is 0 Å². The molecule has 0 aliphatic heterocycles. The maximum atomic E-state index is 11.6. The first-order valence-corrected chi connectivity index (χ1v) is 8.73. The molecule has 1 saturated carbocycles. The third-order valence-corrected chi connectivity index (χ3v) is 4.91. The van der Waals surface area contributed by atoms with Gasteiger partial charge in [0.2, 0.25) is 0 Å². The van der Waals surface area contributed by atoms with Crippen molar-refractivity contribution in [2.75, 3.05) is 20.2 Å². The summed E-state index contributed by atoms with van der Waals surface area (Å²) in [7, 11) is 1.36. The molecular formula is C18H30IN3O3. The SMILES string of the molecule is CCNC(=NCc1cc(C(=O)OC)c(C)o1)NCC1(CC)CCC1.I. The number of aryl methyl sites for hydroxylation is 1. The van der Waals surface area contributed by atoms with E-state index in [0.717, 1.165) is 19.0 Å². The summed E-state index contributed by atoms with van der Waals surface area (Å²) in [6.45, 7) is 8.18. The van der Waals surface area contributed by atoms with Crippen LogP contribution in [-0.4, -0.2) is 32.1 Å². The predicted octanol–water partition coefficient (Wildman–Crippen LogP) is 3.63. The number of esters is 1. The largest absolute Gasteiger partial charge is 0.465 e. The quantitative estimate of drug-likeness (QED) is 0.280. The first kappa shape index (κ1) is 21.8. The van der Waals surface area contributed by atoms with E-state index in [1.165, 1.54) is 32.8 Å². The Morgan fingerprint density at radius 1 is 1.36 bits per heavy atom. The van der Waals surface area contributed by atoms with Gasteiger partial charge in [-0.1, -0.05) is 13.3 Å². The number of ether oxygens (including phenoxy) is 1. The van der Waals surface area contributed by atoms with E-state index < -0.39 is 0 Å². The number of rotatable bonds is 7. The molecule has 1 aromatic rings. The number of guanidine groups is 1. The molecule has 0 amide bonds. The lowest BCUT2D eigenvalue weighted by molar-refractivity contribution is 0.0599. The minimum Gasteiger partial charge on any atom is -0.465 e. The van der Waals surface area contributed by atoms with E-state index in [4.69, 9.17) is 9.15 Å². The smallest absolute Gasteiger partial charge is 0.341 e. The van der Waals surface area contributed by atoms with Gasteiger partial charge in [0.1, 0.15) is 23.6 Å². The van der Waals surface area contributed by atoms with E-state index in [1.807, 2.05) is 6.92 Å². The lowest BCUT2D eigenvalue weighted by Crippen LogP contribution is -2.46. The Morgan fingerprint density at radius 2 is 2.08 bits per heavy atom. The number of nitrogens with zero attached hydrogens (tertiary/aromatic N) is 1. The summed E-state index contributed by atoms with van der Waals surface area (Å²) < 4.78 is 10.3. The van der Waals surface area contributed by atoms with Crippen LogP contribution in [0.25, 0.3) is 0 Å². The van der Waals surface area contributed by atoms with Crippen molar-refractivity contribution in [3.63, 3.8) is 0 Å². The Balaban J connectivity index is 0.00000312. The van der Waals surface area contributed by atoms with Gasteiger partial charge in [0.15, 0.2) is 5.96 Å². The first-order chi connectivity index (χ1) is 11.5. The molecule has 1 aliphatic rings. The lowest BCUT2D eigenvalue weighted by Gasteiger charge is -2.41. The number of aliphatic imine (C=N–C) groups is 1. The molecule has 142 valence electrons. The fraction of sp³-hybridized carbons (Fsp3) is 0.667. The molecule has 2 rings (SSSR count). The van der Waals surface area contributed by atoms with E-state index in [0.29, 0.717) is 29.0 Å². The first-order valence-electron chi connectivity index (χ1n) is 8.73. The standard InChI is InChI=1S/C18H29N3O3.HI/c1-5-18(8-7-9-18)12-21-17(19-6-2)20-11-14-10-15(13(3)24-14)16(22)23-4;/h10H,5-9,11-12H2,1-4H3,(H2,19,20,21);1H. The second kappa shape index (κ2) is 10.0. The highest BCUT2D eigenvalue weighted by Gasteiger charge is 2.34. The van der Waals surface area contributed by atoms with E-state index in [-0.39, 0.29) is 29.9 Å². The van der Waals surface area contributed by atoms with Crippen molar-refractivity contribution in [2.45, 2.75) is 53.0 Å². The summed E-state index contributed by atoms with van der Waals surface area (Å²) in [4.78, 5) is 16.2. The molecule has 25 heavy (non-hydrogen) atoms. The van der Waals surface area contributed by atoms with Gasteiger partial charge in [-0.05, 0) is 44.6 Å². The number of furan rings is 1. The van der Waals surface area contributed by atoms with E-state index in [9.17, 15) is 4.79 Å². The molecule has 0 aromatic carbocycles. The number of carbonyl (C=O) groups is 1. The van der Waals surface area contributed by atoms with Crippen LogP contribution in [0.2, 0.25) is 0 Å². The molecule has 1 aliphatic carbocycles. The van der Waals surface area contributed by atoms with Crippen molar-refractivity contribution in [3.05, 3.63) is 23.2 Å². The van der Waals surface area contributed by atoms with Gasteiger partial charge >= 0.3 is 5.97 Å². The van der Waals surface area contributed by atoms with Crippen molar-refractivity contribution in [1.82, 2.24) is 10.6 Å². The zero-order valence-corrected chi connectivity index (χ0v) is 17.9. The Morgan fingerprint density at radius 3 is 2.60 bits per heavy atom. The van der Waals surface area contributed by atoms with E-state index in [2.05, 4.69) is 22.5 Å². The van der Waals surface area contributed by atoms with Gasteiger partial charge in [0, 0.05) is 13.1 Å². The van der Waals surface area contributed by atoms with Crippen LogP contribution in [0.5, 0.6) is 0 Å². The van der Waals surface area contributed by atoms with E-state index >= 15 is 0 Å². The molecule has 0 spiro atoms. The second-order valence-corrected chi connectivity index (χ2v) is 6.43. The maximum Gasteiger partial charge on any atom is 0.341 e. The van der Waals surface area contributed by atoms with Crippen LogP contribution < -0.4 is 10.6 Å². The molecule has 6 nitrogen and oxygen atoms in total. The molecule has 0 atom stereocenters. The summed E-state index contributed by atoms with van der Waals surface area (Å²) in [5.74, 6) is 1.61.